The van der Waals surface area contributed by atoms with E-state index in [9.17, 15) is 19.1 Å². The average Bonchev–Trinajstić information content (AvgIpc) is 2.99. The number of aliphatic hydroxyl groups excluding tert-OH is 1. The maximum absolute atomic E-state index is 13.8. The third-order valence-electron chi connectivity index (χ3n) is 9.80. The Morgan fingerprint density at radius 2 is 1.81 bits per heavy atom. The zero-order valence-corrected chi connectivity index (χ0v) is 26.0. The lowest BCUT2D eigenvalue weighted by Gasteiger charge is -2.49. The zero-order chi connectivity index (χ0) is 30.8. The fourth-order valence-electron chi connectivity index (χ4n) is 7.11. The number of hydrogen-bond acceptors (Lipinski definition) is 5. The van der Waals surface area contributed by atoms with Crippen molar-refractivity contribution in [2.45, 2.75) is 90.4 Å². The minimum atomic E-state index is -0.520. The molecule has 3 atom stereocenters. The summed E-state index contributed by atoms with van der Waals surface area (Å²) in [5.41, 5.74) is 1.62. The normalized spacial score (nSPS) is 24.1. The first-order valence-electron chi connectivity index (χ1n) is 15.9. The van der Waals surface area contributed by atoms with E-state index in [2.05, 4.69) is 33.0 Å². The summed E-state index contributed by atoms with van der Waals surface area (Å²) in [6, 6.07) is 12.3. The van der Waals surface area contributed by atoms with Gasteiger partial charge in [-0.05, 0) is 101 Å². The van der Waals surface area contributed by atoms with Crippen molar-refractivity contribution in [3.05, 3.63) is 65.0 Å². The van der Waals surface area contributed by atoms with E-state index in [1.54, 1.807) is 0 Å². The van der Waals surface area contributed by atoms with E-state index in [1.165, 1.54) is 12.1 Å². The number of carbonyl (C=O) groups excluding carboxylic acids is 2. The molecule has 2 aromatic rings. The molecule has 0 unspecified atom stereocenters. The van der Waals surface area contributed by atoms with Gasteiger partial charge in [0.05, 0.1) is 24.2 Å². The highest BCUT2D eigenvalue weighted by molar-refractivity contribution is 5.95. The second kappa shape index (κ2) is 12.9. The summed E-state index contributed by atoms with van der Waals surface area (Å²) < 4.78 is 26.7. The highest BCUT2D eigenvalue weighted by Crippen LogP contribution is 2.51. The van der Waals surface area contributed by atoms with Crippen LogP contribution in [0.25, 0.3) is 0 Å². The fourth-order valence-corrected chi connectivity index (χ4v) is 7.11. The van der Waals surface area contributed by atoms with Crippen LogP contribution in [-0.4, -0.2) is 59.8 Å². The van der Waals surface area contributed by atoms with Gasteiger partial charge in [0.25, 0.3) is 5.91 Å². The van der Waals surface area contributed by atoms with Gasteiger partial charge in [-0.3, -0.25) is 9.59 Å². The lowest BCUT2D eigenvalue weighted by atomic mass is 9.72. The summed E-state index contributed by atoms with van der Waals surface area (Å²) in [5, 5.41) is 12.1. The van der Waals surface area contributed by atoms with Crippen molar-refractivity contribution in [3.63, 3.8) is 0 Å². The largest absolute Gasteiger partial charge is 0.487 e. The molecule has 3 aliphatic heterocycles. The SMILES string of the molecule is CC(C)CCC1(C(=O)NCCO)CCN(C(=O)c2ccc3c(c2)[C@@H]2O[C@H](Cc4ccc(F)cc4)CC[C@H]2C(C)(C)O3)CC1. The van der Waals surface area contributed by atoms with Crippen molar-refractivity contribution in [2.75, 3.05) is 26.2 Å². The van der Waals surface area contributed by atoms with E-state index >= 15 is 0 Å². The number of nitrogens with one attached hydrogen (secondary N) is 1. The number of fused-ring (bicyclic) bond motifs is 3. The quantitative estimate of drug-likeness (QED) is 0.381. The van der Waals surface area contributed by atoms with Crippen molar-refractivity contribution in [1.82, 2.24) is 10.2 Å². The standard InChI is InChI=1S/C35H47FN2O5/c1-23(2)13-14-35(33(41)37-17-20-39)15-18-38(19-16-35)32(40)25-7-12-30-28(22-25)31-29(34(3,4)43-30)11-10-27(42-31)21-24-5-8-26(36)9-6-24/h5-9,12,22-23,27,29,31,39H,10-11,13-21H2,1-4H3,(H,37,41)/t27-,29+,31-/m0/s1. The number of benzene rings is 2. The third-order valence-corrected chi connectivity index (χ3v) is 9.80. The Morgan fingerprint density at radius 3 is 2.49 bits per heavy atom. The van der Waals surface area contributed by atoms with Crippen LogP contribution in [0.4, 0.5) is 4.39 Å². The molecule has 0 saturated carbocycles. The second-order valence-corrected chi connectivity index (χ2v) is 13.6. The molecule has 2 fully saturated rings. The van der Waals surface area contributed by atoms with Gasteiger partial charge >= 0.3 is 0 Å². The summed E-state index contributed by atoms with van der Waals surface area (Å²) in [6.07, 6.45) is 5.23. The Balaban J connectivity index is 1.32. The number of halogens is 1. The Bertz CT molecular complexity index is 1290. The molecule has 2 aromatic carbocycles. The Morgan fingerprint density at radius 1 is 1.09 bits per heavy atom. The minimum Gasteiger partial charge on any atom is -0.487 e. The number of piperidine rings is 1. The molecule has 3 aliphatic rings. The van der Waals surface area contributed by atoms with Crippen LogP contribution < -0.4 is 10.1 Å². The van der Waals surface area contributed by atoms with Gasteiger partial charge in [0, 0.05) is 36.7 Å². The van der Waals surface area contributed by atoms with Crippen LogP contribution in [0.1, 0.15) is 93.8 Å². The summed E-state index contributed by atoms with van der Waals surface area (Å²) in [5.74, 6) is 1.06. The lowest BCUT2D eigenvalue weighted by molar-refractivity contribution is -0.149. The van der Waals surface area contributed by atoms with Crippen molar-refractivity contribution in [3.8, 4) is 5.75 Å². The third kappa shape index (κ3) is 6.91. The molecule has 2 saturated heterocycles. The van der Waals surface area contributed by atoms with Crippen LogP contribution in [0.5, 0.6) is 5.75 Å². The van der Waals surface area contributed by atoms with Crippen molar-refractivity contribution in [2.24, 2.45) is 17.3 Å². The van der Waals surface area contributed by atoms with Crippen LogP contribution in [0.2, 0.25) is 0 Å². The topological polar surface area (TPSA) is 88.1 Å². The Kier molecular flexibility index (Phi) is 9.47. The van der Waals surface area contributed by atoms with E-state index in [0.29, 0.717) is 43.8 Å². The predicted molar refractivity (Wildman–Crippen MR) is 163 cm³/mol. The molecule has 0 radical (unpaired) electrons. The molecule has 0 aliphatic carbocycles. The second-order valence-electron chi connectivity index (χ2n) is 13.6. The van der Waals surface area contributed by atoms with Crippen molar-refractivity contribution < 1.29 is 28.6 Å². The molecule has 234 valence electrons. The molecule has 3 heterocycles. The molecule has 0 bridgehead atoms. The Labute approximate surface area is 255 Å². The van der Waals surface area contributed by atoms with Gasteiger partial charge in [-0.2, -0.15) is 0 Å². The monoisotopic (exact) mass is 594 g/mol. The molecular formula is C35H47FN2O5. The van der Waals surface area contributed by atoms with E-state index in [1.807, 2.05) is 35.2 Å². The molecule has 5 rings (SSSR count). The fraction of sp³-hybridized carbons (Fsp3) is 0.600. The van der Waals surface area contributed by atoms with Gasteiger partial charge in [0.1, 0.15) is 17.2 Å². The van der Waals surface area contributed by atoms with Crippen molar-refractivity contribution in [1.29, 1.82) is 0 Å². The summed E-state index contributed by atoms with van der Waals surface area (Å²) in [7, 11) is 0. The summed E-state index contributed by atoms with van der Waals surface area (Å²) in [6.45, 7) is 9.69. The molecule has 2 amide bonds. The number of carbonyl (C=O) groups is 2. The van der Waals surface area contributed by atoms with Crippen LogP contribution in [0, 0.1) is 23.1 Å². The molecule has 43 heavy (non-hydrogen) atoms. The number of hydrogen-bond donors (Lipinski definition) is 2. The predicted octanol–water partition coefficient (Wildman–Crippen LogP) is 5.84. The number of aliphatic hydroxyl groups is 1. The van der Waals surface area contributed by atoms with E-state index < -0.39 is 11.0 Å². The smallest absolute Gasteiger partial charge is 0.253 e. The van der Waals surface area contributed by atoms with Crippen LogP contribution in [-0.2, 0) is 16.0 Å². The maximum atomic E-state index is 13.8. The molecule has 8 heteroatoms. The minimum absolute atomic E-state index is 0.00847. The number of ether oxygens (including phenoxy) is 2. The van der Waals surface area contributed by atoms with Gasteiger partial charge in [-0.1, -0.05) is 26.0 Å². The van der Waals surface area contributed by atoms with E-state index in [4.69, 9.17) is 9.47 Å². The molecule has 2 N–H and O–H groups in total. The number of nitrogens with zero attached hydrogens (tertiary/aromatic N) is 1. The van der Waals surface area contributed by atoms with Crippen LogP contribution in [0.3, 0.4) is 0 Å². The van der Waals surface area contributed by atoms with Crippen LogP contribution >= 0.6 is 0 Å². The first-order chi connectivity index (χ1) is 20.5. The van der Waals surface area contributed by atoms with E-state index in [-0.39, 0.29) is 48.9 Å². The Hall–Kier alpha value is -2.97. The van der Waals surface area contributed by atoms with Gasteiger partial charge < -0.3 is 24.8 Å². The highest BCUT2D eigenvalue weighted by Gasteiger charge is 2.48. The van der Waals surface area contributed by atoms with Crippen molar-refractivity contribution >= 4 is 11.8 Å². The summed E-state index contributed by atoms with van der Waals surface area (Å²) >= 11 is 0. The number of rotatable bonds is 9. The van der Waals surface area contributed by atoms with Gasteiger partial charge in [-0.25, -0.2) is 4.39 Å². The van der Waals surface area contributed by atoms with Crippen LogP contribution in [0.15, 0.2) is 42.5 Å². The first kappa shape index (κ1) is 31.5. The highest BCUT2D eigenvalue weighted by atomic mass is 19.1. The average molecular weight is 595 g/mol. The zero-order valence-electron chi connectivity index (χ0n) is 26.0. The number of likely N-dealkylation sites (tertiary alicyclic amines) is 1. The molecular weight excluding hydrogens is 547 g/mol. The number of amides is 2. The van der Waals surface area contributed by atoms with Gasteiger partial charge in [0.2, 0.25) is 5.91 Å². The van der Waals surface area contributed by atoms with E-state index in [0.717, 1.165) is 42.6 Å². The maximum Gasteiger partial charge on any atom is 0.253 e. The first-order valence-corrected chi connectivity index (χ1v) is 15.9. The van der Waals surface area contributed by atoms with Gasteiger partial charge in [-0.15, -0.1) is 0 Å². The summed E-state index contributed by atoms with van der Waals surface area (Å²) in [4.78, 5) is 28.8. The lowest BCUT2D eigenvalue weighted by Crippen LogP contribution is -2.51. The molecule has 0 aromatic heterocycles. The molecule has 0 spiro atoms. The van der Waals surface area contributed by atoms with Gasteiger partial charge in [0.15, 0.2) is 0 Å². The molecule has 7 nitrogen and oxygen atoms in total.